The van der Waals surface area contributed by atoms with Gasteiger partial charge in [-0.2, -0.15) is 8.42 Å². The standard InChI is InChI=1S/C22H39N3O3S/c1-8-25(9-2)24-23-21-16-19(7)13-14-22(21)29(26,27)28-20(15-18(5)6)12-10-11-17(3)4/h13-14,16-18,20H,8-12,15H2,1-7H3. The molecule has 6 nitrogen and oxygen atoms in total. The Balaban J connectivity index is 3.11. The maximum atomic E-state index is 13.1. The van der Waals surface area contributed by atoms with Gasteiger partial charge in [-0.1, -0.05) is 51.8 Å². The van der Waals surface area contributed by atoms with Crippen LogP contribution in [0.25, 0.3) is 0 Å². The normalized spacial score (nSPS) is 13.6. The molecule has 0 radical (unpaired) electrons. The summed E-state index contributed by atoms with van der Waals surface area (Å²) in [6, 6.07) is 5.07. The van der Waals surface area contributed by atoms with Crippen molar-refractivity contribution in [1.29, 1.82) is 0 Å². The van der Waals surface area contributed by atoms with Gasteiger partial charge < -0.3 is 0 Å². The predicted octanol–water partition coefficient (Wildman–Crippen LogP) is 6.28. The number of nitrogens with zero attached hydrogens (tertiary/aromatic N) is 3. The van der Waals surface area contributed by atoms with E-state index in [9.17, 15) is 8.42 Å². The van der Waals surface area contributed by atoms with E-state index in [4.69, 9.17) is 4.18 Å². The molecule has 0 amide bonds. The molecule has 7 heteroatoms. The van der Waals surface area contributed by atoms with Crippen LogP contribution in [0.5, 0.6) is 0 Å². The molecule has 1 aromatic carbocycles. The van der Waals surface area contributed by atoms with Crippen molar-refractivity contribution in [2.45, 2.75) is 85.1 Å². The molecular weight excluding hydrogens is 386 g/mol. The van der Waals surface area contributed by atoms with Crippen LogP contribution in [0.3, 0.4) is 0 Å². The van der Waals surface area contributed by atoms with Crippen molar-refractivity contribution in [3.05, 3.63) is 23.8 Å². The Bertz CT molecular complexity index is 742. The van der Waals surface area contributed by atoms with E-state index < -0.39 is 10.1 Å². The summed E-state index contributed by atoms with van der Waals surface area (Å²) in [5, 5.41) is 10.2. The molecule has 1 aromatic rings. The minimum atomic E-state index is -3.94. The summed E-state index contributed by atoms with van der Waals surface area (Å²) < 4.78 is 31.9. The highest BCUT2D eigenvalue weighted by atomic mass is 32.2. The second kappa shape index (κ2) is 12.3. The molecule has 0 heterocycles. The van der Waals surface area contributed by atoms with Crippen LogP contribution in [0.2, 0.25) is 0 Å². The van der Waals surface area contributed by atoms with Crippen LogP contribution >= 0.6 is 0 Å². The molecule has 0 bridgehead atoms. The maximum Gasteiger partial charge on any atom is 0.299 e. The number of hydrogen-bond acceptors (Lipinski definition) is 5. The van der Waals surface area contributed by atoms with E-state index in [2.05, 4.69) is 38.0 Å². The maximum absolute atomic E-state index is 13.1. The first-order valence-corrected chi connectivity index (χ1v) is 12.2. The van der Waals surface area contributed by atoms with Gasteiger partial charge in [0.05, 0.1) is 6.10 Å². The highest BCUT2D eigenvalue weighted by Gasteiger charge is 2.25. The van der Waals surface area contributed by atoms with Gasteiger partial charge in [0.15, 0.2) is 0 Å². The topological polar surface area (TPSA) is 71.3 Å². The second-order valence-electron chi connectivity index (χ2n) is 8.43. The molecule has 0 spiro atoms. The van der Waals surface area contributed by atoms with Gasteiger partial charge in [-0.15, -0.1) is 5.11 Å². The molecule has 1 unspecified atom stereocenters. The molecule has 0 saturated carbocycles. The monoisotopic (exact) mass is 425 g/mol. The lowest BCUT2D eigenvalue weighted by atomic mass is 9.99. The third-order valence-corrected chi connectivity index (χ3v) is 6.11. The van der Waals surface area contributed by atoms with E-state index in [1.165, 1.54) is 0 Å². The summed E-state index contributed by atoms with van der Waals surface area (Å²) >= 11 is 0. The summed E-state index contributed by atoms with van der Waals surface area (Å²) in [6.45, 7) is 15.8. The van der Waals surface area contributed by atoms with Gasteiger partial charge in [-0.05, 0) is 63.1 Å². The Labute approximate surface area is 177 Å². The van der Waals surface area contributed by atoms with Crippen molar-refractivity contribution in [1.82, 2.24) is 5.01 Å². The molecule has 0 aromatic heterocycles. The average Bonchev–Trinajstić information content (AvgIpc) is 2.61. The number of aryl methyl sites for hydroxylation is 1. The van der Waals surface area contributed by atoms with Gasteiger partial charge in [0.25, 0.3) is 10.1 Å². The quantitative estimate of drug-likeness (QED) is 0.212. The van der Waals surface area contributed by atoms with Gasteiger partial charge in [0, 0.05) is 13.1 Å². The van der Waals surface area contributed by atoms with Crippen molar-refractivity contribution < 1.29 is 12.6 Å². The Morgan fingerprint density at radius 1 is 1.03 bits per heavy atom. The molecule has 1 rings (SSSR count). The first kappa shape index (κ1) is 25.6. The van der Waals surface area contributed by atoms with Crippen molar-refractivity contribution >= 4 is 15.8 Å². The van der Waals surface area contributed by atoms with Gasteiger partial charge in [0.1, 0.15) is 10.6 Å². The zero-order valence-electron chi connectivity index (χ0n) is 19.2. The molecular formula is C22H39N3O3S. The van der Waals surface area contributed by atoms with Gasteiger partial charge in [-0.3, -0.25) is 9.19 Å². The van der Waals surface area contributed by atoms with E-state index >= 15 is 0 Å². The molecule has 0 saturated heterocycles. The van der Waals surface area contributed by atoms with Crippen molar-refractivity contribution in [2.75, 3.05) is 13.1 Å². The fourth-order valence-corrected chi connectivity index (χ4v) is 4.32. The number of rotatable bonds is 13. The summed E-state index contributed by atoms with van der Waals surface area (Å²) in [4.78, 5) is 0.0802. The molecule has 166 valence electrons. The fraction of sp³-hybridized carbons (Fsp3) is 0.727. The Hall–Kier alpha value is -1.47. The molecule has 0 aliphatic heterocycles. The number of benzene rings is 1. The van der Waals surface area contributed by atoms with E-state index in [1.807, 2.05) is 20.8 Å². The molecule has 1 atom stereocenters. The summed E-state index contributed by atoms with van der Waals surface area (Å²) in [5.74, 6) is 0.949. The highest BCUT2D eigenvalue weighted by Crippen LogP contribution is 2.30. The van der Waals surface area contributed by atoms with E-state index in [-0.39, 0.29) is 11.0 Å². The minimum absolute atomic E-state index is 0.0802. The van der Waals surface area contributed by atoms with Gasteiger partial charge in [0.2, 0.25) is 0 Å². The SMILES string of the molecule is CCN(CC)N=Nc1cc(C)ccc1S(=O)(=O)OC(CCCC(C)C)CC(C)C. The predicted molar refractivity (Wildman–Crippen MR) is 119 cm³/mol. The molecule has 0 fully saturated rings. The highest BCUT2D eigenvalue weighted by molar-refractivity contribution is 7.87. The smallest absolute Gasteiger partial charge is 0.279 e. The van der Waals surface area contributed by atoms with E-state index in [0.717, 1.165) is 24.8 Å². The Morgan fingerprint density at radius 2 is 1.69 bits per heavy atom. The van der Waals surface area contributed by atoms with Crippen molar-refractivity contribution in [2.24, 2.45) is 22.2 Å². The zero-order valence-corrected chi connectivity index (χ0v) is 20.0. The Kier molecular flexibility index (Phi) is 10.8. The lowest BCUT2D eigenvalue weighted by Crippen LogP contribution is -2.21. The summed E-state index contributed by atoms with van der Waals surface area (Å²) in [6.07, 6.45) is 3.13. The zero-order chi connectivity index (χ0) is 22.0. The molecule has 0 aliphatic rings. The second-order valence-corrected chi connectivity index (χ2v) is 9.97. The largest absolute Gasteiger partial charge is 0.299 e. The first-order chi connectivity index (χ1) is 13.6. The average molecular weight is 426 g/mol. The van der Waals surface area contributed by atoms with Crippen LogP contribution in [-0.4, -0.2) is 32.6 Å². The fourth-order valence-electron chi connectivity index (χ4n) is 3.09. The lowest BCUT2D eigenvalue weighted by Gasteiger charge is -2.20. The first-order valence-electron chi connectivity index (χ1n) is 10.8. The van der Waals surface area contributed by atoms with Crippen molar-refractivity contribution in [3.8, 4) is 0 Å². The van der Waals surface area contributed by atoms with Gasteiger partial charge >= 0.3 is 0 Å². The molecule has 29 heavy (non-hydrogen) atoms. The van der Waals surface area contributed by atoms with Crippen LogP contribution in [0.15, 0.2) is 33.4 Å². The van der Waals surface area contributed by atoms with E-state index in [0.29, 0.717) is 37.0 Å². The lowest BCUT2D eigenvalue weighted by molar-refractivity contribution is 0.167. The summed E-state index contributed by atoms with van der Waals surface area (Å²) in [7, 11) is -3.94. The number of hydrogen-bond donors (Lipinski definition) is 0. The van der Waals surface area contributed by atoms with Crippen LogP contribution in [0, 0.1) is 18.8 Å². The van der Waals surface area contributed by atoms with E-state index in [1.54, 1.807) is 23.2 Å². The van der Waals surface area contributed by atoms with Crippen LogP contribution in [0.1, 0.15) is 72.8 Å². The van der Waals surface area contributed by atoms with Crippen LogP contribution in [-0.2, 0) is 14.3 Å². The third kappa shape index (κ3) is 9.26. The Morgan fingerprint density at radius 3 is 2.24 bits per heavy atom. The molecule has 0 N–H and O–H groups in total. The van der Waals surface area contributed by atoms with Crippen molar-refractivity contribution in [3.63, 3.8) is 0 Å². The van der Waals surface area contributed by atoms with Crippen LogP contribution in [0.4, 0.5) is 5.69 Å². The van der Waals surface area contributed by atoms with Crippen LogP contribution < -0.4 is 0 Å². The minimum Gasteiger partial charge on any atom is -0.279 e. The van der Waals surface area contributed by atoms with Gasteiger partial charge in [-0.25, -0.2) is 0 Å². The molecule has 0 aliphatic carbocycles. The third-order valence-electron chi connectivity index (χ3n) is 4.70. The summed E-state index contributed by atoms with van der Waals surface area (Å²) in [5.41, 5.74) is 1.25.